The second kappa shape index (κ2) is 6.58. The van der Waals surface area contributed by atoms with Crippen LogP contribution in [0.3, 0.4) is 0 Å². The number of ether oxygens (including phenoxy) is 1. The van der Waals surface area contributed by atoms with Crippen molar-refractivity contribution in [3.63, 3.8) is 0 Å². The van der Waals surface area contributed by atoms with Gasteiger partial charge in [-0.2, -0.15) is 0 Å². The maximum Gasteiger partial charge on any atom is 0.124 e. The highest BCUT2D eigenvalue weighted by Crippen LogP contribution is 2.30. The van der Waals surface area contributed by atoms with Crippen LogP contribution in [0.25, 0.3) is 11.1 Å². The number of aryl methyl sites for hydroxylation is 2. The van der Waals surface area contributed by atoms with E-state index >= 15 is 0 Å². The number of rotatable bonds is 5. The average molecular weight is 269 g/mol. The lowest BCUT2D eigenvalue weighted by molar-refractivity contribution is 0.408. The number of benzene rings is 2. The van der Waals surface area contributed by atoms with Crippen LogP contribution in [0.4, 0.5) is 0 Å². The monoisotopic (exact) mass is 269 g/mol. The van der Waals surface area contributed by atoms with Crippen LogP contribution in [-0.4, -0.2) is 13.7 Å². The van der Waals surface area contributed by atoms with E-state index < -0.39 is 0 Å². The molecule has 0 saturated carbocycles. The Morgan fingerprint density at radius 3 is 2.30 bits per heavy atom. The first kappa shape index (κ1) is 14.6. The lowest BCUT2D eigenvalue weighted by Crippen LogP contribution is -2.11. The Morgan fingerprint density at radius 2 is 1.70 bits per heavy atom. The normalized spacial score (nSPS) is 10.6. The van der Waals surface area contributed by atoms with Gasteiger partial charge in [0, 0.05) is 6.54 Å². The Kier molecular flexibility index (Phi) is 4.80. The Morgan fingerprint density at radius 1 is 1.00 bits per heavy atom. The minimum Gasteiger partial charge on any atom is -0.496 e. The topological polar surface area (TPSA) is 21.3 Å². The van der Waals surface area contributed by atoms with E-state index in [0.717, 1.165) is 18.8 Å². The van der Waals surface area contributed by atoms with Crippen LogP contribution in [0.1, 0.15) is 23.6 Å². The summed E-state index contributed by atoms with van der Waals surface area (Å²) in [6, 6.07) is 13.1. The Bertz CT molecular complexity index is 567. The van der Waals surface area contributed by atoms with Crippen molar-refractivity contribution >= 4 is 0 Å². The molecule has 2 aromatic rings. The molecule has 1 N–H and O–H groups in total. The van der Waals surface area contributed by atoms with Gasteiger partial charge in [0.25, 0.3) is 0 Å². The first-order valence-electron chi connectivity index (χ1n) is 7.11. The van der Waals surface area contributed by atoms with Crippen molar-refractivity contribution in [3.8, 4) is 16.9 Å². The SMILES string of the molecule is CCNCc1cccc(-c2cc(C)c(OC)c(C)c2)c1. The molecule has 2 heteroatoms. The van der Waals surface area contributed by atoms with Gasteiger partial charge in [-0.05, 0) is 66.4 Å². The van der Waals surface area contributed by atoms with Gasteiger partial charge in [-0.15, -0.1) is 0 Å². The molecule has 0 heterocycles. The molecule has 0 fully saturated rings. The molecule has 0 amide bonds. The average Bonchev–Trinajstić information content (AvgIpc) is 2.45. The minimum absolute atomic E-state index is 0.915. The largest absolute Gasteiger partial charge is 0.496 e. The summed E-state index contributed by atoms with van der Waals surface area (Å²) in [5.74, 6) is 0.984. The van der Waals surface area contributed by atoms with E-state index in [0.29, 0.717) is 0 Å². The van der Waals surface area contributed by atoms with Crippen LogP contribution in [0.2, 0.25) is 0 Å². The van der Waals surface area contributed by atoms with E-state index in [2.05, 4.69) is 62.5 Å². The van der Waals surface area contributed by atoms with Crippen LogP contribution in [0.5, 0.6) is 5.75 Å². The van der Waals surface area contributed by atoms with Gasteiger partial charge in [-0.3, -0.25) is 0 Å². The van der Waals surface area contributed by atoms with Crippen LogP contribution >= 0.6 is 0 Å². The molecule has 0 radical (unpaired) electrons. The van der Waals surface area contributed by atoms with Crippen LogP contribution in [-0.2, 0) is 6.54 Å². The van der Waals surface area contributed by atoms with Gasteiger partial charge in [0.05, 0.1) is 7.11 Å². The molecule has 0 saturated heterocycles. The molecule has 0 aliphatic carbocycles. The van der Waals surface area contributed by atoms with Gasteiger partial charge in [-0.1, -0.05) is 25.1 Å². The molecule has 0 spiro atoms. The van der Waals surface area contributed by atoms with Crippen molar-refractivity contribution in [1.82, 2.24) is 5.32 Å². The summed E-state index contributed by atoms with van der Waals surface area (Å²) in [4.78, 5) is 0. The van der Waals surface area contributed by atoms with Crippen molar-refractivity contribution in [3.05, 3.63) is 53.1 Å². The van der Waals surface area contributed by atoms with Crippen LogP contribution in [0, 0.1) is 13.8 Å². The number of hydrogen-bond acceptors (Lipinski definition) is 2. The van der Waals surface area contributed by atoms with Crippen molar-refractivity contribution in [1.29, 1.82) is 0 Å². The maximum atomic E-state index is 5.43. The van der Waals surface area contributed by atoms with Gasteiger partial charge in [0.1, 0.15) is 5.75 Å². The van der Waals surface area contributed by atoms with Crippen molar-refractivity contribution < 1.29 is 4.74 Å². The lowest BCUT2D eigenvalue weighted by atomic mass is 9.98. The predicted molar refractivity (Wildman–Crippen MR) is 85.3 cm³/mol. The summed E-state index contributed by atoms with van der Waals surface area (Å²) in [5, 5.41) is 3.36. The molecule has 0 aliphatic heterocycles. The fourth-order valence-electron chi connectivity index (χ4n) is 2.57. The molecule has 0 bridgehead atoms. The standard InChI is InChI=1S/C18H23NO/c1-5-19-12-15-7-6-8-16(11-15)17-9-13(2)18(20-4)14(3)10-17/h6-11,19H,5,12H2,1-4H3. The Labute approximate surface area is 121 Å². The zero-order valence-electron chi connectivity index (χ0n) is 12.8. The van der Waals surface area contributed by atoms with E-state index in [1.54, 1.807) is 7.11 Å². The third-order valence-corrected chi connectivity index (χ3v) is 3.50. The maximum absolute atomic E-state index is 5.43. The molecule has 20 heavy (non-hydrogen) atoms. The third kappa shape index (κ3) is 3.20. The molecular formula is C18H23NO. The van der Waals surface area contributed by atoms with E-state index in [4.69, 9.17) is 4.74 Å². The molecule has 2 nitrogen and oxygen atoms in total. The number of nitrogens with one attached hydrogen (secondary N) is 1. The predicted octanol–water partition coefficient (Wildman–Crippen LogP) is 4.09. The first-order chi connectivity index (χ1) is 9.65. The summed E-state index contributed by atoms with van der Waals surface area (Å²) < 4.78 is 5.43. The first-order valence-corrected chi connectivity index (χ1v) is 7.11. The van der Waals surface area contributed by atoms with E-state index in [1.807, 2.05) is 0 Å². The van der Waals surface area contributed by atoms with Crippen molar-refractivity contribution in [2.45, 2.75) is 27.3 Å². The summed E-state index contributed by atoms with van der Waals surface area (Å²) in [6.07, 6.45) is 0. The smallest absolute Gasteiger partial charge is 0.124 e. The molecule has 0 atom stereocenters. The van der Waals surface area contributed by atoms with E-state index in [-0.39, 0.29) is 0 Å². The van der Waals surface area contributed by atoms with Crippen molar-refractivity contribution in [2.75, 3.05) is 13.7 Å². The van der Waals surface area contributed by atoms with E-state index in [1.165, 1.54) is 27.8 Å². The molecule has 106 valence electrons. The third-order valence-electron chi connectivity index (χ3n) is 3.50. The van der Waals surface area contributed by atoms with E-state index in [9.17, 15) is 0 Å². The highest BCUT2D eigenvalue weighted by atomic mass is 16.5. The molecule has 0 aromatic heterocycles. The summed E-state index contributed by atoms with van der Waals surface area (Å²) in [5.41, 5.74) is 6.18. The van der Waals surface area contributed by atoms with Gasteiger partial charge >= 0.3 is 0 Å². The molecule has 2 rings (SSSR count). The highest BCUT2D eigenvalue weighted by Gasteiger charge is 2.07. The van der Waals surface area contributed by atoms with Gasteiger partial charge in [0.2, 0.25) is 0 Å². The Balaban J connectivity index is 2.36. The second-order valence-corrected chi connectivity index (χ2v) is 5.12. The fraction of sp³-hybridized carbons (Fsp3) is 0.333. The summed E-state index contributed by atoms with van der Waals surface area (Å²) in [6.45, 7) is 8.22. The quantitative estimate of drug-likeness (QED) is 0.882. The van der Waals surface area contributed by atoms with Crippen LogP contribution in [0.15, 0.2) is 36.4 Å². The second-order valence-electron chi connectivity index (χ2n) is 5.12. The van der Waals surface area contributed by atoms with Crippen molar-refractivity contribution in [2.24, 2.45) is 0 Å². The summed E-state index contributed by atoms with van der Waals surface area (Å²) >= 11 is 0. The highest BCUT2D eigenvalue weighted by molar-refractivity contribution is 5.68. The minimum atomic E-state index is 0.915. The van der Waals surface area contributed by atoms with Gasteiger partial charge < -0.3 is 10.1 Å². The van der Waals surface area contributed by atoms with Gasteiger partial charge in [-0.25, -0.2) is 0 Å². The molecule has 0 aliphatic rings. The number of hydrogen-bond donors (Lipinski definition) is 1. The molecular weight excluding hydrogens is 246 g/mol. The zero-order valence-corrected chi connectivity index (χ0v) is 12.8. The zero-order chi connectivity index (χ0) is 14.5. The summed E-state index contributed by atoms with van der Waals surface area (Å²) in [7, 11) is 1.73. The molecule has 0 unspecified atom stereocenters. The fourth-order valence-corrected chi connectivity index (χ4v) is 2.57. The lowest BCUT2D eigenvalue weighted by Gasteiger charge is -2.12. The van der Waals surface area contributed by atoms with Crippen LogP contribution < -0.4 is 10.1 Å². The van der Waals surface area contributed by atoms with Gasteiger partial charge in [0.15, 0.2) is 0 Å². The molecule has 2 aromatic carbocycles. The Hall–Kier alpha value is -1.80. The number of methoxy groups -OCH3 is 1.